The van der Waals surface area contributed by atoms with Crippen LogP contribution in [0.3, 0.4) is 0 Å². The molecular weight excluding hydrogens is 244 g/mol. The van der Waals surface area contributed by atoms with Crippen LogP contribution in [-0.2, 0) is 0 Å². The maximum atomic E-state index is 5.86. The lowest BCUT2D eigenvalue weighted by molar-refractivity contribution is 0.415. The average molecular weight is 266 g/mol. The van der Waals surface area contributed by atoms with Gasteiger partial charge in [0.05, 0.1) is 7.11 Å². The molecular formula is C14H22N2OS. The van der Waals surface area contributed by atoms with Crippen LogP contribution in [0.25, 0.3) is 0 Å². The number of ether oxygens (including phenoxy) is 1. The lowest BCUT2D eigenvalue weighted by Crippen LogP contribution is -2.30. The molecule has 0 amide bonds. The van der Waals surface area contributed by atoms with E-state index in [9.17, 15) is 0 Å². The van der Waals surface area contributed by atoms with Crippen molar-refractivity contribution in [2.24, 2.45) is 0 Å². The summed E-state index contributed by atoms with van der Waals surface area (Å²) >= 11 is 1.99. The molecule has 18 heavy (non-hydrogen) atoms. The summed E-state index contributed by atoms with van der Waals surface area (Å²) in [4.78, 5) is 0. The zero-order valence-electron chi connectivity index (χ0n) is 11.2. The first-order chi connectivity index (χ1) is 8.67. The molecule has 0 heterocycles. The predicted octanol–water partition coefficient (Wildman–Crippen LogP) is 3.37. The zero-order valence-corrected chi connectivity index (χ0v) is 12.0. The highest BCUT2D eigenvalue weighted by atomic mass is 32.2. The van der Waals surface area contributed by atoms with E-state index in [-0.39, 0.29) is 0 Å². The molecule has 1 aromatic rings. The van der Waals surface area contributed by atoms with Gasteiger partial charge >= 0.3 is 0 Å². The molecule has 100 valence electrons. The van der Waals surface area contributed by atoms with Crippen molar-refractivity contribution in [3.05, 3.63) is 18.2 Å². The Balaban J connectivity index is 2.03. The summed E-state index contributed by atoms with van der Waals surface area (Å²) in [6.45, 7) is 1.00. The Kier molecular flexibility index (Phi) is 4.27. The maximum Gasteiger partial charge on any atom is 0.122 e. The van der Waals surface area contributed by atoms with E-state index < -0.39 is 0 Å². The maximum absolute atomic E-state index is 5.86. The quantitative estimate of drug-likeness (QED) is 0.802. The van der Waals surface area contributed by atoms with Crippen LogP contribution in [0, 0.1) is 0 Å². The molecule has 3 N–H and O–H groups in total. The van der Waals surface area contributed by atoms with Crippen molar-refractivity contribution in [1.82, 2.24) is 0 Å². The molecule has 0 bridgehead atoms. The second kappa shape index (κ2) is 5.74. The van der Waals surface area contributed by atoms with Crippen molar-refractivity contribution in [2.45, 2.75) is 30.4 Å². The van der Waals surface area contributed by atoms with Crippen molar-refractivity contribution >= 4 is 23.1 Å². The van der Waals surface area contributed by atoms with Crippen LogP contribution in [0.5, 0.6) is 5.75 Å². The van der Waals surface area contributed by atoms with Gasteiger partial charge in [-0.05, 0) is 25.2 Å². The lowest BCUT2D eigenvalue weighted by atomic mass is 10.1. The standard InChI is InChI=1S/C14H22N2OS/c1-17-13-8-11(15)7-12(9-13)16-10-14(18-2)5-3-4-6-14/h7-9,16H,3-6,10,15H2,1-2H3. The Morgan fingerprint density at radius 2 is 2.06 bits per heavy atom. The van der Waals surface area contributed by atoms with Gasteiger partial charge in [0.2, 0.25) is 0 Å². The van der Waals surface area contributed by atoms with Gasteiger partial charge < -0.3 is 15.8 Å². The van der Waals surface area contributed by atoms with Crippen LogP contribution in [0.15, 0.2) is 18.2 Å². The molecule has 1 fully saturated rings. The second-order valence-electron chi connectivity index (χ2n) is 4.94. The third-order valence-corrected chi connectivity index (χ3v) is 5.15. The number of benzene rings is 1. The van der Waals surface area contributed by atoms with E-state index in [1.807, 2.05) is 30.0 Å². The van der Waals surface area contributed by atoms with Crippen LogP contribution in [0.1, 0.15) is 25.7 Å². The number of anilines is 2. The summed E-state index contributed by atoms with van der Waals surface area (Å²) in [7, 11) is 1.67. The number of nitrogens with two attached hydrogens (primary N) is 1. The van der Waals surface area contributed by atoms with E-state index in [0.29, 0.717) is 4.75 Å². The Hall–Kier alpha value is -1.03. The van der Waals surface area contributed by atoms with E-state index in [0.717, 1.165) is 23.7 Å². The predicted molar refractivity (Wildman–Crippen MR) is 80.6 cm³/mol. The van der Waals surface area contributed by atoms with Crippen molar-refractivity contribution in [3.8, 4) is 5.75 Å². The number of methoxy groups -OCH3 is 1. The second-order valence-corrected chi connectivity index (χ2v) is 6.22. The monoisotopic (exact) mass is 266 g/mol. The van der Waals surface area contributed by atoms with Crippen LogP contribution in [0.4, 0.5) is 11.4 Å². The molecule has 0 aliphatic heterocycles. The minimum absolute atomic E-state index is 0.401. The molecule has 0 unspecified atom stereocenters. The van der Waals surface area contributed by atoms with E-state index in [4.69, 9.17) is 10.5 Å². The first-order valence-corrected chi connectivity index (χ1v) is 7.63. The first-order valence-electron chi connectivity index (χ1n) is 6.41. The van der Waals surface area contributed by atoms with Crippen LogP contribution in [-0.4, -0.2) is 24.7 Å². The number of thioether (sulfide) groups is 1. The summed E-state index contributed by atoms with van der Waals surface area (Å²) < 4.78 is 5.63. The molecule has 0 radical (unpaired) electrons. The van der Waals surface area contributed by atoms with Gasteiger partial charge in [-0.1, -0.05) is 12.8 Å². The first kappa shape index (κ1) is 13.4. The van der Waals surface area contributed by atoms with Crippen molar-refractivity contribution in [1.29, 1.82) is 0 Å². The molecule has 1 aromatic carbocycles. The summed E-state index contributed by atoms with van der Waals surface area (Å²) in [6, 6.07) is 5.80. The fourth-order valence-electron chi connectivity index (χ4n) is 2.58. The van der Waals surface area contributed by atoms with Crippen molar-refractivity contribution < 1.29 is 4.74 Å². The minimum atomic E-state index is 0.401. The fraction of sp³-hybridized carbons (Fsp3) is 0.571. The topological polar surface area (TPSA) is 47.3 Å². The van der Waals surface area contributed by atoms with Gasteiger partial charge in [-0.15, -0.1) is 0 Å². The molecule has 0 atom stereocenters. The fourth-order valence-corrected chi connectivity index (χ4v) is 3.49. The van der Waals surface area contributed by atoms with Crippen LogP contribution in [0.2, 0.25) is 0 Å². The molecule has 0 spiro atoms. The van der Waals surface area contributed by atoms with Gasteiger partial charge in [0, 0.05) is 34.8 Å². The van der Waals surface area contributed by atoms with Crippen molar-refractivity contribution in [3.63, 3.8) is 0 Å². The highest BCUT2D eigenvalue weighted by Crippen LogP contribution is 2.40. The summed E-state index contributed by atoms with van der Waals surface area (Å²) in [6.07, 6.45) is 7.53. The van der Waals surface area contributed by atoms with Gasteiger partial charge in [0.15, 0.2) is 0 Å². The SMILES string of the molecule is COc1cc(N)cc(NCC2(SC)CCCC2)c1. The Labute approximate surface area is 113 Å². The van der Waals surface area contributed by atoms with Crippen LogP contribution >= 0.6 is 11.8 Å². The van der Waals surface area contributed by atoms with Gasteiger partial charge in [0.1, 0.15) is 5.75 Å². The third-order valence-electron chi connectivity index (χ3n) is 3.73. The number of rotatable bonds is 5. The molecule has 0 saturated heterocycles. The lowest BCUT2D eigenvalue weighted by Gasteiger charge is -2.27. The van der Waals surface area contributed by atoms with E-state index in [1.54, 1.807) is 7.11 Å². The molecule has 1 aliphatic rings. The Morgan fingerprint density at radius 1 is 1.33 bits per heavy atom. The number of hydrogen-bond donors (Lipinski definition) is 2. The minimum Gasteiger partial charge on any atom is -0.497 e. The Bertz CT molecular complexity index is 403. The summed E-state index contributed by atoms with van der Waals surface area (Å²) in [5.41, 5.74) is 7.64. The molecule has 1 aliphatic carbocycles. The van der Waals surface area contributed by atoms with E-state index in [2.05, 4.69) is 11.6 Å². The molecule has 4 heteroatoms. The van der Waals surface area contributed by atoms with Gasteiger partial charge in [-0.2, -0.15) is 11.8 Å². The smallest absolute Gasteiger partial charge is 0.122 e. The molecule has 1 saturated carbocycles. The average Bonchev–Trinajstić information content (AvgIpc) is 2.85. The molecule has 0 aromatic heterocycles. The van der Waals surface area contributed by atoms with Gasteiger partial charge in [0.25, 0.3) is 0 Å². The largest absolute Gasteiger partial charge is 0.497 e. The molecule has 3 nitrogen and oxygen atoms in total. The van der Waals surface area contributed by atoms with Gasteiger partial charge in [-0.25, -0.2) is 0 Å². The summed E-state index contributed by atoms with van der Waals surface area (Å²) in [5, 5.41) is 3.51. The highest BCUT2D eigenvalue weighted by molar-refractivity contribution is 8.00. The van der Waals surface area contributed by atoms with E-state index >= 15 is 0 Å². The normalized spacial score (nSPS) is 17.7. The zero-order chi connectivity index (χ0) is 13.0. The number of hydrogen-bond acceptors (Lipinski definition) is 4. The molecule has 2 rings (SSSR count). The summed E-state index contributed by atoms with van der Waals surface area (Å²) in [5.74, 6) is 0.808. The number of nitrogen functional groups attached to an aromatic ring is 1. The van der Waals surface area contributed by atoms with Crippen LogP contribution < -0.4 is 15.8 Å². The third kappa shape index (κ3) is 3.05. The Morgan fingerprint density at radius 3 is 2.67 bits per heavy atom. The highest BCUT2D eigenvalue weighted by Gasteiger charge is 2.32. The van der Waals surface area contributed by atoms with Crippen molar-refractivity contribution in [2.75, 3.05) is 31.0 Å². The van der Waals surface area contributed by atoms with Gasteiger partial charge in [-0.3, -0.25) is 0 Å². The number of nitrogens with one attached hydrogen (secondary N) is 1. The van der Waals surface area contributed by atoms with E-state index in [1.165, 1.54) is 25.7 Å².